The SMILES string of the molecule is COc1cc(C)ccc1OCC1CCCN1C. The molecule has 0 amide bonds. The van der Waals surface area contributed by atoms with Gasteiger partial charge in [0.05, 0.1) is 7.11 Å². The number of likely N-dealkylation sites (N-methyl/N-ethyl adjacent to an activating group) is 1. The maximum atomic E-state index is 5.87. The number of nitrogens with zero attached hydrogens (tertiary/aromatic N) is 1. The van der Waals surface area contributed by atoms with Crippen LogP contribution in [0.2, 0.25) is 0 Å². The monoisotopic (exact) mass is 235 g/mol. The van der Waals surface area contributed by atoms with Crippen molar-refractivity contribution in [1.82, 2.24) is 4.90 Å². The van der Waals surface area contributed by atoms with Crippen molar-refractivity contribution < 1.29 is 9.47 Å². The average Bonchev–Trinajstić information content (AvgIpc) is 2.73. The Bertz CT molecular complexity index is 378. The van der Waals surface area contributed by atoms with Crippen molar-refractivity contribution in [3.8, 4) is 11.5 Å². The van der Waals surface area contributed by atoms with Crippen molar-refractivity contribution in [3.05, 3.63) is 23.8 Å². The number of ether oxygens (including phenoxy) is 2. The molecule has 1 heterocycles. The Morgan fingerprint density at radius 3 is 2.82 bits per heavy atom. The lowest BCUT2D eigenvalue weighted by Gasteiger charge is -2.20. The molecule has 2 rings (SSSR count). The van der Waals surface area contributed by atoms with Crippen LogP contribution in [0.25, 0.3) is 0 Å². The molecule has 1 fully saturated rings. The molecule has 1 atom stereocenters. The van der Waals surface area contributed by atoms with Gasteiger partial charge in [-0.25, -0.2) is 0 Å². The predicted octanol–water partition coefficient (Wildman–Crippen LogP) is 2.48. The third-order valence-corrected chi connectivity index (χ3v) is 3.42. The molecule has 0 aromatic heterocycles. The molecule has 1 aliphatic heterocycles. The van der Waals surface area contributed by atoms with Crippen LogP contribution < -0.4 is 9.47 Å². The Hall–Kier alpha value is -1.22. The fraction of sp³-hybridized carbons (Fsp3) is 0.571. The van der Waals surface area contributed by atoms with Gasteiger partial charge in [0.1, 0.15) is 6.61 Å². The van der Waals surface area contributed by atoms with Crippen molar-refractivity contribution in [1.29, 1.82) is 0 Å². The molecule has 0 saturated carbocycles. The minimum atomic E-state index is 0.543. The van der Waals surface area contributed by atoms with Gasteiger partial charge in [0, 0.05) is 6.04 Å². The maximum Gasteiger partial charge on any atom is 0.161 e. The second-order valence-electron chi connectivity index (χ2n) is 4.74. The molecule has 17 heavy (non-hydrogen) atoms. The van der Waals surface area contributed by atoms with Crippen molar-refractivity contribution in [2.24, 2.45) is 0 Å². The molecule has 3 nitrogen and oxygen atoms in total. The van der Waals surface area contributed by atoms with E-state index in [1.807, 2.05) is 12.1 Å². The van der Waals surface area contributed by atoms with Gasteiger partial charge in [-0.05, 0) is 51.1 Å². The Labute approximate surface area is 103 Å². The summed E-state index contributed by atoms with van der Waals surface area (Å²) >= 11 is 0. The molecule has 1 aromatic rings. The molecular formula is C14H21NO2. The quantitative estimate of drug-likeness (QED) is 0.800. The highest BCUT2D eigenvalue weighted by atomic mass is 16.5. The molecule has 0 N–H and O–H groups in total. The number of hydrogen-bond acceptors (Lipinski definition) is 3. The number of methoxy groups -OCH3 is 1. The lowest BCUT2D eigenvalue weighted by atomic mass is 10.2. The molecule has 94 valence electrons. The van der Waals surface area contributed by atoms with Gasteiger partial charge in [0.2, 0.25) is 0 Å². The Kier molecular flexibility index (Phi) is 3.89. The van der Waals surface area contributed by atoms with E-state index in [-0.39, 0.29) is 0 Å². The lowest BCUT2D eigenvalue weighted by molar-refractivity contribution is 0.193. The van der Waals surface area contributed by atoms with E-state index in [4.69, 9.17) is 9.47 Å². The number of benzene rings is 1. The summed E-state index contributed by atoms with van der Waals surface area (Å²) in [7, 11) is 3.84. The second kappa shape index (κ2) is 5.41. The van der Waals surface area contributed by atoms with Crippen molar-refractivity contribution in [2.75, 3.05) is 27.3 Å². The van der Waals surface area contributed by atoms with E-state index in [1.54, 1.807) is 7.11 Å². The van der Waals surface area contributed by atoms with Crippen LogP contribution in [0.5, 0.6) is 11.5 Å². The first-order valence-corrected chi connectivity index (χ1v) is 6.18. The van der Waals surface area contributed by atoms with Gasteiger partial charge in [-0.3, -0.25) is 0 Å². The second-order valence-corrected chi connectivity index (χ2v) is 4.74. The first kappa shape index (κ1) is 12.2. The zero-order valence-electron chi connectivity index (χ0n) is 10.9. The topological polar surface area (TPSA) is 21.7 Å². The minimum Gasteiger partial charge on any atom is -0.493 e. The summed E-state index contributed by atoms with van der Waals surface area (Å²) in [5.41, 5.74) is 1.19. The van der Waals surface area contributed by atoms with Gasteiger partial charge < -0.3 is 14.4 Å². The van der Waals surface area contributed by atoms with Crippen LogP contribution >= 0.6 is 0 Å². The van der Waals surface area contributed by atoms with Gasteiger partial charge in [-0.2, -0.15) is 0 Å². The van der Waals surface area contributed by atoms with Crippen LogP contribution in [0.1, 0.15) is 18.4 Å². The van der Waals surface area contributed by atoms with Crippen LogP contribution in [-0.4, -0.2) is 38.3 Å². The maximum absolute atomic E-state index is 5.87. The Balaban J connectivity index is 1.98. The highest BCUT2D eigenvalue weighted by Gasteiger charge is 2.21. The van der Waals surface area contributed by atoms with Crippen LogP contribution in [0.15, 0.2) is 18.2 Å². The zero-order valence-corrected chi connectivity index (χ0v) is 10.9. The minimum absolute atomic E-state index is 0.543. The molecule has 1 saturated heterocycles. The molecular weight excluding hydrogens is 214 g/mol. The fourth-order valence-electron chi connectivity index (χ4n) is 2.27. The number of hydrogen-bond donors (Lipinski definition) is 0. The Morgan fingerprint density at radius 2 is 2.18 bits per heavy atom. The standard InChI is InChI=1S/C14H21NO2/c1-11-6-7-13(14(9-11)16-3)17-10-12-5-4-8-15(12)2/h6-7,9,12H,4-5,8,10H2,1-3H3. The molecule has 0 aliphatic carbocycles. The van der Waals surface area contributed by atoms with Gasteiger partial charge in [0.15, 0.2) is 11.5 Å². The summed E-state index contributed by atoms with van der Waals surface area (Å²) in [5, 5.41) is 0. The number of rotatable bonds is 4. The summed E-state index contributed by atoms with van der Waals surface area (Å²) in [6.07, 6.45) is 2.50. The summed E-state index contributed by atoms with van der Waals surface area (Å²) < 4.78 is 11.2. The third-order valence-electron chi connectivity index (χ3n) is 3.42. The van der Waals surface area contributed by atoms with Crippen LogP contribution in [0, 0.1) is 6.92 Å². The summed E-state index contributed by atoms with van der Waals surface area (Å²) in [4.78, 5) is 2.36. The molecule has 0 spiro atoms. The molecule has 1 aliphatic rings. The van der Waals surface area contributed by atoms with Crippen molar-refractivity contribution >= 4 is 0 Å². The predicted molar refractivity (Wildman–Crippen MR) is 68.9 cm³/mol. The van der Waals surface area contributed by atoms with Crippen molar-refractivity contribution in [3.63, 3.8) is 0 Å². The molecule has 1 unspecified atom stereocenters. The molecule has 0 radical (unpaired) electrons. The first-order valence-electron chi connectivity index (χ1n) is 6.18. The first-order chi connectivity index (χ1) is 8.20. The van der Waals surface area contributed by atoms with Gasteiger partial charge in [-0.15, -0.1) is 0 Å². The summed E-state index contributed by atoms with van der Waals surface area (Å²) in [5.74, 6) is 1.67. The van der Waals surface area contributed by atoms with E-state index in [1.165, 1.54) is 24.9 Å². The zero-order chi connectivity index (χ0) is 12.3. The lowest BCUT2D eigenvalue weighted by Crippen LogP contribution is -2.30. The van der Waals surface area contributed by atoms with E-state index in [2.05, 4.69) is 24.9 Å². The third kappa shape index (κ3) is 2.91. The average molecular weight is 235 g/mol. The highest BCUT2D eigenvalue weighted by Crippen LogP contribution is 2.28. The number of likely N-dealkylation sites (tertiary alicyclic amines) is 1. The van der Waals surface area contributed by atoms with Crippen LogP contribution in [0.4, 0.5) is 0 Å². The van der Waals surface area contributed by atoms with Gasteiger partial charge in [0.25, 0.3) is 0 Å². The Morgan fingerprint density at radius 1 is 1.35 bits per heavy atom. The van der Waals surface area contributed by atoms with Crippen LogP contribution in [-0.2, 0) is 0 Å². The summed E-state index contributed by atoms with van der Waals surface area (Å²) in [6, 6.07) is 6.59. The molecule has 0 bridgehead atoms. The molecule has 1 aromatic carbocycles. The highest BCUT2D eigenvalue weighted by molar-refractivity contribution is 5.42. The fourth-order valence-corrected chi connectivity index (χ4v) is 2.27. The van der Waals surface area contributed by atoms with E-state index in [9.17, 15) is 0 Å². The van der Waals surface area contributed by atoms with E-state index < -0.39 is 0 Å². The van der Waals surface area contributed by atoms with Crippen molar-refractivity contribution in [2.45, 2.75) is 25.8 Å². The summed E-state index contributed by atoms with van der Waals surface area (Å²) in [6.45, 7) is 3.98. The normalized spacial score (nSPS) is 20.5. The van der Waals surface area contributed by atoms with E-state index in [0.717, 1.165) is 18.1 Å². The van der Waals surface area contributed by atoms with E-state index in [0.29, 0.717) is 6.04 Å². The van der Waals surface area contributed by atoms with Gasteiger partial charge >= 0.3 is 0 Å². The van der Waals surface area contributed by atoms with Crippen LogP contribution in [0.3, 0.4) is 0 Å². The van der Waals surface area contributed by atoms with Gasteiger partial charge in [-0.1, -0.05) is 6.07 Å². The smallest absolute Gasteiger partial charge is 0.161 e. The van der Waals surface area contributed by atoms with E-state index >= 15 is 0 Å². The molecule has 3 heteroatoms. The number of aryl methyl sites for hydroxylation is 1. The largest absolute Gasteiger partial charge is 0.493 e.